The van der Waals surface area contributed by atoms with Crippen LogP contribution in [0.25, 0.3) is 22.0 Å². The van der Waals surface area contributed by atoms with E-state index >= 15 is 0 Å². The summed E-state index contributed by atoms with van der Waals surface area (Å²) in [5.74, 6) is -0.355. The van der Waals surface area contributed by atoms with Crippen LogP contribution >= 0.6 is 0 Å². The lowest BCUT2D eigenvalue weighted by Gasteiger charge is -2.37. The number of amides is 1. The van der Waals surface area contributed by atoms with Crippen molar-refractivity contribution in [1.29, 1.82) is 5.26 Å². The van der Waals surface area contributed by atoms with E-state index in [4.69, 9.17) is 9.57 Å². The average Bonchev–Trinajstić information content (AvgIpc) is 2.92. The van der Waals surface area contributed by atoms with Gasteiger partial charge in [0.25, 0.3) is 5.91 Å². The highest BCUT2D eigenvalue weighted by atomic mass is 16.6. The quantitative estimate of drug-likeness (QED) is 0.370. The predicted octanol–water partition coefficient (Wildman–Crippen LogP) is 5.25. The summed E-state index contributed by atoms with van der Waals surface area (Å²) >= 11 is 0. The van der Waals surface area contributed by atoms with Gasteiger partial charge in [0, 0.05) is 30.4 Å². The molecule has 1 aliphatic rings. The molecule has 5 rings (SSSR count). The number of morpholine rings is 1. The normalized spacial score (nSPS) is 17.4. The van der Waals surface area contributed by atoms with Crippen molar-refractivity contribution in [3.05, 3.63) is 95.7 Å². The van der Waals surface area contributed by atoms with Gasteiger partial charge in [0.2, 0.25) is 0 Å². The lowest BCUT2D eigenvalue weighted by Crippen LogP contribution is -2.45. The van der Waals surface area contributed by atoms with E-state index in [1.165, 1.54) is 0 Å². The molecule has 3 aromatic carbocycles. The number of nitrogens with zero attached hydrogens (tertiary/aromatic N) is 3. The summed E-state index contributed by atoms with van der Waals surface area (Å²) in [6, 6.07) is 25.3. The van der Waals surface area contributed by atoms with Gasteiger partial charge in [-0.15, -0.1) is 0 Å². The van der Waals surface area contributed by atoms with Crippen LogP contribution in [0, 0.1) is 11.3 Å². The average molecular weight is 493 g/mol. The summed E-state index contributed by atoms with van der Waals surface area (Å²) in [6.07, 6.45) is 1.83. The van der Waals surface area contributed by atoms with Gasteiger partial charge >= 0.3 is 0 Å². The minimum absolute atomic E-state index is 0.143. The van der Waals surface area contributed by atoms with Gasteiger partial charge in [-0.25, -0.2) is 5.48 Å². The van der Waals surface area contributed by atoms with Gasteiger partial charge < -0.3 is 9.64 Å². The van der Waals surface area contributed by atoms with Crippen molar-refractivity contribution in [3.8, 4) is 17.2 Å². The summed E-state index contributed by atoms with van der Waals surface area (Å²) in [7, 11) is 0. The predicted molar refractivity (Wildman–Crippen MR) is 143 cm³/mol. The molecule has 0 bridgehead atoms. The van der Waals surface area contributed by atoms with Crippen molar-refractivity contribution in [2.45, 2.75) is 32.7 Å². The number of carbonyl (C=O) groups is 1. The molecular formula is C30H28N4O3. The van der Waals surface area contributed by atoms with Crippen molar-refractivity contribution in [2.24, 2.45) is 0 Å². The Labute approximate surface area is 216 Å². The van der Waals surface area contributed by atoms with E-state index < -0.39 is 0 Å². The zero-order valence-corrected chi connectivity index (χ0v) is 20.8. The number of fused-ring (bicyclic) bond motifs is 1. The van der Waals surface area contributed by atoms with Crippen LogP contribution in [0.15, 0.2) is 79.0 Å². The van der Waals surface area contributed by atoms with Gasteiger partial charge in [0.1, 0.15) is 6.61 Å². The second-order valence-electron chi connectivity index (χ2n) is 9.33. The number of para-hydroxylation sites is 1. The third-order valence-electron chi connectivity index (χ3n) is 6.45. The topological polar surface area (TPSA) is 87.5 Å². The van der Waals surface area contributed by atoms with E-state index in [2.05, 4.69) is 47.4 Å². The van der Waals surface area contributed by atoms with Gasteiger partial charge in [-0.05, 0) is 66.9 Å². The summed E-state index contributed by atoms with van der Waals surface area (Å²) in [4.78, 5) is 25.0. The van der Waals surface area contributed by atoms with Gasteiger partial charge in [0.15, 0.2) is 0 Å². The lowest BCUT2D eigenvalue weighted by atomic mass is 9.98. The molecule has 0 aliphatic carbocycles. The van der Waals surface area contributed by atoms with Crippen molar-refractivity contribution in [3.63, 3.8) is 0 Å². The third kappa shape index (κ3) is 5.61. The molecule has 2 heterocycles. The maximum absolute atomic E-state index is 12.7. The number of hydrogen-bond donors (Lipinski definition) is 1. The zero-order valence-electron chi connectivity index (χ0n) is 20.8. The molecular weight excluding hydrogens is 464 g/mol. The number of ether oxygens (including phenoxy) is 1. The van der Waals surface area contributed by atoms with Crippen LogP contribution in [0.1, 0.15) is 35.3 Å². The molecule has 37 heavy (non-hydrogen) atoms. The molecule has 2 atom stereocenters. The monoisotopic (exact) mass is 492 g/mol. The Kier molecular flexibility index (Phi) is 7.13. The lowest BCUT2D eigenvalue weighted by molar-refractivity contribution is -0.00521. The van der Waals surface area contributed by atoms with Crippen molar-refractivity contribution in [2.75, 3.05) is 18.0 Å². The second-order valence-corrected chi connectivity index (χ2v) is 9.33. The number of pyridine rings is 1. The fourth-order valence-electron chi connectivity index (χ4n) is 4.70. The Morgan fingerprint density at radius 3 is 2.59 bits per heavy atom. The molecule has 1 saturated heterocycles. The number of hydrogen-bond acceptors (Lipinski definition) is 6. The molecule has 1 N–H and O–H groups in total. The maximum atomic E-state index is 12.7. The first kappa shape index (κ1) is 24.4. The summed E-state index contributed by atoms with van der Waals surface area (Å²) < 4.78 is 5.90. The minimum atomic E-state index is -0.355. The Bertz CT molecular complexity index is 1450. The van der Waals surface area contributed by atoms with Crippen LogP contribution in [0.3, 0.4) is 0 Å². The SMILES string of the molecule is C[C@@H]1CN(c2ccc(CONC(=O)c3cnc4ccccc4c3)c(-c3ccc(C#N)cc3)c2)C[C@H](C)O1. The van der Waals surface area contributed by atoms with Crippen LogP contribution < -0.4 is 10.4 Å². The number of aromatic nitrogens is 1. The molecule has 0 saturated carbocycles. The Morgan fingerprint density at radius 1 is 1.08 bits per heavy atom. The van der Waals surface area contributed by atoms with Crippen LogP contribution in [0.2, 0.25) is 0 Å². The van der Waals surface area contributed by atoms with Gasteiger partial charge in [-0.1, -0.05) is 36.4 Å². The molecule has 4 aromatic rings. The number of benzene rings is 3. The smallest absolute Gasteiger partial charge is 0.276 e. The van der Waals surface area contributed by atoms with E-state index in [0.29, 0.717) is 11.1 Å². The van der Waals surface area contributed by atoms with Crippen molar-refractivity contribution >= 4 is 22.5 Å². The highest BCUT2D eigenvalue weighted by Crippen LogP contribution is 2.31. The summed E-state index contributed by atoms with van der Waals surface area (Å²) in [5.41, 5.74) is 8.37. The first-order valence-corrected chi connectivity index (χ1v) is 12.3. The number of nitriles is 1. The summed E-state index contributed by atoms with van der Waals surface area (Å²) in [6.45, 7) is 5.96. The van der Waals surface area contributed by atoms with Gasteiger partial charge in [0.05, 0.1) is 34.9 Å². The number of nitrogens with one attached hydrogen (secondary N) is 1. The van der Waals surface area contributed by atoms with Crippen molar-refractivity contribution < 1.29 is 14.4 Å². The van der Waals surface area contributed by atoms with Gasteiger partial charge in [-0.3, -0.25) is 14.6 Å². The third-order valence-corrected chi connectivity index (χ3v) is 6.45. The first-order chi connectivity index (χ1) is 18.0. The standard InChI is InChI=1S/C30H28N4O3/c1-20-17-34(18-21(2)37-20)27-12-11-25(28(14-27)23-9-7-22(15-31)8-10-23)19-36-33-30(35)26-13-24-5-3-4-6-29(24)32-16-26/h3-14,16,20-21H,17-19H2,1-2H3,(H,33,35)/t20-,21+. The number of hydroxylamine groups is 1. The molecule has 1 fully saturated rings. The molecule has 186 valence electrons. The molecule has 1 amide bonds. The van der Waals surface area contributed by atoms with E-state index in [1.54, 1.807) is 24.4 Å². The second kappa shape index (κ2) is 10.8. The van der Waals surface area contributed by atoms with Gasteiger partial charge in [-0.2, -0.15) is 5.26 Å². The molecule has 7 nitrogen and oxygen atoms in total. The Balaban J connectivity index is 1.36. The number of rotatable bonds is 6. The zero-order chi connectivity index (χ0) is 25.8. The molecule has 7 heteroatoms. The Morgan fingerprint density at radius 2 is 1.84 bits per heavy atom. The summed E-state index contributed by atoms with van der Waals surface area (Å²) in [5, 5.41) is 10.1. The fraction of sp³-hybridized carbons (Fsp3) is 0.233. The molecule has 1 aromatic heterocycles. The highest BCUT2D eigenvalue weighted by Gasteiger charge is 2.23. The number of carbonyl (C=O) groups excluding carboxylic acids is 1. The Hall–Kier alpha value is -4.25. The molecule has 0 radical (unpaired) electrons. The van der Waals surface area contributed by atoms with Crippen LogP contribution in [-0.2, 0) is 16.2 Å². The van der Waals surface area contributed by atoms with Crippen molar-refractivity contribution in [1.82, 2.24) is 10.5 Å². The molecule has 0 spiro atoms. The first-order valence-electron chi connectivity index (χ1n) is 12.3. The number of anilines is 1. The van der Waals surface area contributed by atoms with E-state index in [1.807, 2.05) is 42.5 Å². The molecule has 1 aliphatic heterocycles. The maximum Gasteiger partial charge on any atom is 0.276 e. The van der Waals surface area contributed by atoms with Crippen LogP contribution in [-0.4, -0.2) is 36.2 Å². The fourth-order valence-corrected chi connectivity index (χ4v) is 4.70. The molecule has 0 unspecified atom stereocenters. The largest absolute Gasteiger partial charge is 0.372 e. The van der Waals surface area contributed by atoms with E-state index in [-0.39, 0.29) is 24.7 Å². The van der Waals surface area contributed by atoms with E-state index in [0.717, 1.165) is 46.4 Å². The van der Waals surface area contributed by atoms with E-state index in [9.17, 15) is 10.1 Å². The highest BCUT2D eigenvalue weighted by molar-refractivity contribution is 5.96. The van der Waals surface area contributed by atoms with Crippen LogP contribution in [0.5, 0.6) is 0 Å². The minimum Gasteiger partial charge on any atom is -0.372 e. The van der Waals surface area contributed by atoms with Crippen LogP contribution in [0.4, 0.5) is 5.69 Å².